The lowest BCUT2D eigenvalue weighted by atomic mass is 9.95. The van der Waals surface area contributed by atoms with E-state index in [0.29, 0.717) is 17.4 Å². The third-order valence-corrected chi connectivity index (χ3v) is 11.0. The molecule has 9 rings (SSSR count). The molecule has 7 aromatic carbocycles. The summed E-state index contributed by atoms with van der Waals surface area (Å²) in [5, 5.41) is 2.18. The van der Waals surface area contributed by atoms with Gasteiger partial charge in [0.25, 0.3) is 0 Å². The zero-order valence-electron chi connectivity index (χ0n) is 33.4. The maximum atomic E-state index is 5.37. The van der Waals surface area contributed by atoms with E-state index in [0.717, 1.165) is 89.8 Å². The van der Waals surface area contributed by atoms with Crippen LogP contribution in [0, 0.1) is 6.92 Å². The lowest BCUT2D eigenvalue weighted by molar-refractivity contribution is 1.06. The number of aromatic amines is 1. The van der Waals surface area contributed by atoms with Gasteiger partial charge >= 0.3 is 0 Å². The minimum absolute atomic E-state index is 0.602. The number of nitrogens with one attached hydrogen (secondary N) is 1. The Hall–Kier alpha value is -7.50. The van der Waals surface area contributed by atoms with Crippen molar-refractivity contribution in [3.8, 4) is 45.0 Å². The number of aryl methyl sites for hydroxylation is 1. The average molecular weight is 762 g/mol. The summed E-state index contributed by atoms with van der Waals surface area (Å²) in [5.74, 6) is 1.30. The van der Waals surface area contributed by atoms with Crippen molar-refractivity contribution < 1.29 is 0 Å². The molecule has 9 aromatic rings. The molecule has 1 N–H and O–H groups in total. The molecule has 0 saturated heterocycles. The number of amidine groups is 1. The summed E-state index contributed by atoms with van der Waals surface area (Å²) >= 11 is 0. The van der Waals surface area contributed by atoms with Crippen LogP contribution < -0.4 is 0 Å². The molecule has 0 unspecified atom stereocenters. The number of fused-ring (bicyclic) bond motifs is 3. The smallest absolute Gasteiger partial charge is 0.161 e. The molecule has 0 aliphatic carbocycles. The van der Waals surface area contributed by atoms with Crippen LogP contribution in [0.4, 0.5) is 0 Å². The summed E-state index contributed by atoms with van der Waals surface area (Å²) in [5.41, 5.74) is 16.1. The third kappa shape index (κ3) is 7.42. The normalized spacial score (nSPS) is 12.0. The van der Waals surface area contributed by atoms with E-state index in [9.17, 15) is 0 Å². The highest BCUT2D eigenvalue weighted by Crippen LogP contribution is 2.38. The van der Waals surface area contributed by atoms with Gasteiger partial charge in [-0.2, -0.15) is 0 Å². The van der Waals surface area contributed by atoms with Gasteiger partial charge in [-0.15, -0.1) is 0 Å². The van der Waals surface area contributed by atoms with Crippen LogP contribution in [0.1, 0.15) is 41.7 Å². The van der Waals surface area contributed by atoms with Crippen LogP contribution in [0.2, 0.25) is 0 Å². The fourth-order valence-electron chi connectivity index (χ4n) is 7.85. The largest absolute Gasteiger partial charge is 0.354 e. The van der Waals surface area contributed by atoms with Gasteiger partial charge in [0.2, 0.25) is 0 Å². The molecule has 0 bridgehead atoms. The van der Waals surface area contributed by atoms with Gasteiger partial charge in [-0.3, -0.25) is 0 Å². The fraction of sp³-hybridized carbons (Fsp3) is 0.0741. The van der Waals surface area contributed by atoms with Crippen molar-refractivity contribution in [3.63, 3.8) is 0 Å². The number of benzene rings is 7. The van der Waals surface area contributed by atoms with Crippen LogP contribution >= 0.6 is 0 Å². The number of H-pyrrole nitrogens is 1. The SMILES string of the molecule is C=C(N=C(N=C(C)c1ccc2c(c1)[nH]c1cccc(-c3nc(-c4ccccc4)c(CC)c(-c4ccccc4C)n3)c12)c1ccccc1)c1ccc(-c2ccccc2)cc1. The summed E-state index contributed by atoms with van der Waals surface area (Å²) in [7, 11) is 0. The van der Waals surface area contributed by atoms with Crippen molar-refractivity contribution >= 4 is 39.1 Å². The minimum Gasteiger partial charge on any atom is -0.354 e. The number of hydrogen-bond acceptors (Lipinski definition) is 3. The molecule has 0 aliphatic heterocycles. The Bertz CT molecular complexity index is 3030. The van der Waals surface area contributed by atoms with E-state index >= 15 is 0 Å². The number of aliphatic imine (C=N–C) groups is 2. The fourth-order valence-corrected chi connectivity index (χ4v) is 7.85. The van der Waals surface area contributed by atoms with Crippen LogP contribution in [-0.4, -0.2) is 26.5 Å². The zero-order valence-corrected chi connectivity index (χ0v) is 33.4. The molecule has 0 amide bonds. The van der Waals surface area contributed by atoms with E-state index in [2.05, 4.69) is 159 Å². The molecule has 5 nitrogen and oxygen atoms in total. The first-order valence-corrected chi connectivity index (χ1v) is 20.1. The van der Waals surface area contributed by atoms with Crippen LogP contribution in [0.15, 0.2) is 192 Å². The number of rotatable bonds is 9. The van der Waals surface area contributed by atoms with Crippen molar-refractivity contribution in [2.45, 2.75) is 27.2 Å². The Labute approximate surface area is 345 Å². The molecular formula is C54H43N5. The lowest BCUT2D eigenvalue weighted by Gasteiger charge is -2.17. The maximum absolute atomic E-state index is 5.37. The van der Waals surface area contributed by atoms with Crippen molar-refractivity contribution in [2.75, 3.05) is 0 Å². The summed E-state index contributed by atoms with van der Waals surface area (Å²) in [4.78, 5) is 24.6. The first-order chi connectivity index (χ1) is 28.9. The van der Waals surface area contributed by atoms with E-state index in [1.807, 2.05) is 49.4 Å². The van der Waals surface area contributed by atoms with Crippen molar-refractivity contribution in [1.29, 1.82) is 0 Å². The first kappa shape index (κ1) is 37.1. The predicted octanol–water partition coefficient (Wildman–Crippen LogP) is 13.6. The summed E-state index contributed by atoms with van der Waals surface area (Å²) < 4.78 is 0. The van der Waals surface area contributed by atoms with Gasteiger partial charge in [-0.25, -0.2) is 20.0 Å². The zero-order chi connectivity index (χ0) is 40.3. The summed E-state index contributed by atoms with van der Waals surface area (Å²) in [6.45, 7) is 10.7. The predicted molar refractivity (Wildman–Crippen MR) is 248 cm³/mol. The Morgan fingerprint density at radius 3 is 1.88 bits per heavy atom. The van der Waals surface area contributed by atoms with E-state index in [-0.39, 0.29) is 0 Å². The highest BCUT2D eigenvalue weighted by atomic mass is 14.9. The van der Waals surface area contributed by atoms with E-state index in [1.165, 1.54) is 11.1 Å². The Kier molecular flexibility index (Phi) is 10.2. The quantitative estimate of drug-likeness (QED) is 0.118. The summed E-state index contributed by atoms with van der Waals surface area (Å²) in [6.07, 6.45) is 0.807. The summed E-state index contributed by atoms with van der Waals surface area (Å²) in [6, 6.07) is 60.6. The maximum Gasteiger partial charge on any atom is 0.161 e. The molecule has 0 fully saturated rings. The van der Waals surface area contributed by atoms with Gasteiger partial charge in [0.05, 0.1) is 17.1 Å². The second-order valence-electron chi connectivity index (χ2n) is 14.8. The van der Waals surface area contributed by atoms with Gasteiger partial charge in [-0.1, -0.05) is 177 Å². The first-order valence-electron chi connectivity index (χ1n) is 20.1. The van der Waals surface area contributed by atoms with Crippen LogP contribution in [0.3, 0.4) is 0 Å². The number of aromatic nitrogens is 3. The van der Waals surface area contributed by atoms with Crippen LogP contribution in [-0.2, 0) is 6.42 Å². The van der Waals surface area contributed by atoms with Crippen molar-refractivity contribution in [2.24, 2.45) is 9.98 Å². The molecule has 284 valence electrons. The van der Waals surface area contributed by atoms with Gasteiger partial charge in [0.15, 0.2) is 11.7 Å². The molecule has 2 heterocycles. The van der Waals surface area contributed by atoms with Gasteiger partial charge < -0.3 is 4.98 Å². The second kappa shape index (κ2) is 16.2. The van der Waals surface area contributed by atoms with Gasteiger partial charge in [0, 0.05) is 55.3 Å². The minimum atomic E-state index is 0.602. The molecule has 5 heteroatoms. The highest BCUT2D eigenvalue weighted by Gasteiger charge is 2.21. The van der Waals surface area contributed by atoms with Crippen LogP contribution in [0.25, 0.3) is 72.5 Å². The monoisotopic (exact) mass is 761 g/mol. The highest BCUT2D eigenvalue weighted by molar-refractivity contribution is 6.17. The van der Waals surface area contributed by atoms with E-state index in [4.69, 9.17) is 20.0 Å². The average Bonchev–Trinajstić information content (AvgIpc) is 3.68. The van der Waals surface area contributed by atoms with E-state index in [1.54, 1.807) is 0 Å². The Morgan fingerprint density at radius 2 is 1.17 bits per heavy atom. The molecule has 59 heavy (non-hydrogen) atoms. The molecule has 2 aromatic heterocycles. The third-order valence-electron chi connectivity index (χ3n) is 11.0. The Balaban J connectivity index is 1.12. The molecule has 0 spiro atoms. The van der Waals surface area contributed by atoms with Crippen molar-refractivity contribution in [1.82, 2.24) is 15.0 Å². The standard InChI is InChI=1S/C54H43N5/c1-5-44-51(41-21-11-7-12-22-41)58-54(59-52(44)45-25-16-15-18-35(45)2)47-26-17-27-48-50(47)46-33-32-43(34-49(46)57-48)37(4)56-53(42-23-13-8-14-24-42)55-36(3)38-28-30-40(31-29-38)39-19-9-6-10-20-39/h6-34,57H,3,5H2,1-2,4H3. The second-order valence-corrected chi connectivity index (χ2v) is 14.8. The van der Waals surface area contributed by atoms with Gasteiger partial charge in [0.1, 0.15) is 0 Å². The van der Waals surface area contributed by atoms with E-state index < -0.39 is 0 Å². The molecular weight excluding hydrogens is 719 g/mol. The number of nitrogens with zero attached hydrogens (tertiary/aromatic N) is 4. The number of hydrogen-bond donors (Lipinski definition) is 1. The van der Waals surface area contributed by atoms with Gasteiger partial charge in [-0.05, 0) is 60.2 Å². The molecule has 0 aliphatic rings. The van der Waals surface area contributed by atoms with Crippen LogP contribution in [0.5, 0.6) is 0 Å². The Morgan fingerprint density at radius 1 is 0.559 bits per heavy atom. The molecule has 0 atom stereocenters. The lowest BCUT2D eigenvalue weighted by Crippen LogP contribution is -2.04. The van der Waals surface area contributed by atoms with Crippen molar-refractivity contribution in [3.05, 3.63) is 210 Å². The molecule has 0 radical (unpaired) electrons. The topological polar surface area (TPSA) is 66.3 Å². The molecule has 0 saturated carbocycles.